The summed E-state index contributed by atoms with van der Waals surface area (Å²) in [4.78, 5) is 4.00. The average Bonchev–Trinajstić information content (AvgIpc) is 2.31. The lowest BCUT2D eigenvalue weighted by atomic mass is 9.93. The van der Waals surface area contributed by atoms with Crippen molar-refractivity contribution in [2.24, 2.45) is 5.92 Å². The van der Waals surface area contributed by atoms with Gasteiger partial charge in [-0.2, -0.15) is 7.05 Å². The minimum Gasteiger partial charge on any atom is -0.466 e. The summed E-state index contributed by atoms with van der Waals surface area (Å²) < 4.78 is 0. The highest BCUT2D eigenvalue weighted by Crippen LogP contribution is 2.22. The van der Waals surface area contributed by atoms with Crippen molar-refractivity contribution in [3.63, 3.8) is 0 Å². The lowest BCUT2D eigenvalue weighted by Gasteiger charge is -2.31. The van der Waals surface area contributed by atoms with Crippen LogP contribution in [0.15, 0.2) is 0 Å². The van der Waals surface area contributed by atoms with Crippen molar-refractivity contribution in [3.05, 3.63) is 7.05 Å². The Morgan fingerprint density at radius 1 is 1.45 bits per heavy atom. The molecule has 0 saturated carbocycles. The van der Waals surface area contributed by atoms with Gasteiger partial charge in [0.25, 0.3) is 0 Å². The van der Waals surface area contributed by atoms with Crippen LogP contribution in [0.4, 0.5) is 0 Å². The van der Waals surface area contributed by atoms with Crippen LogP contribution in [0.5, 0.6) is 0 Å². The number of nitrogens with zero attached hydrogens (tertiary/aromatic N) is 1. The minimum atomic E-state index is 0.844. The van der Waals surface area contributed by atoms with E-state index >= 15 is 0 Å². The second-order valence-electron chi connectivity index (χ2n) is 4.11. The van der Waals surface area contributed by atoms with Crippen LogP contribution in [-0.4, -0.2) is 37.6 Å². The number of hydrogen-bond acceptors (Lipinski definition) is 1. The summed E-state index contributed by atoms with van der Waals surface area (Å²) in [6, 6.07) is 0.844. The Morgan fingerprint density at radius 2 is 2.27 bits per heavy atom. The first kappa shape index (κ1) is 7.56. The molecule has 1 unspecified atom stereocenters. The number of nitrogens with one attached hydrogen (secondary N) is 1. The summed E-state index contributed by atoms with van der Waals surface area (Å²) >= 11 is 0. The fraction of sp³-hybridized carbons (Fsp3) is 0.889. The van der Waals surface area contributed by atoms with Crippen molar-refractivity contribution in [3.8, 4) is 0 Å². The van der Waals surface area contributed by atoms with Gasteiger partial charge in [-0.1, -0.05) is 0 Å². The Labute approximate surface area is 69.2 Å². The SMILES string of the molecule is [CH2-][NH+]1C[C@H]2CCCN(C)[C@H]2C1. The zero-order chi connectivity index (χ0) is 7.84. The molecule has 1 N–H and O–H groups in total. The van der Waals surface area contributed by atoms with Crippen LogP contribution in [0.25, 0.3) is 0 Å². The van der Waals surface area contributed by atoms with E-state index in [-0.39, 0.29) is 0 Å². The molecule has 0 aromatic rings. The first-order valence-corrected chi connectivity index (χ1v) is 4.64. The molecule has 64 valence electrons. The van der Waals surface area contributed by atoms with E-state index in [1.54, 1.807) is 0 Å². The summed E-state index contributed by atoms with van der Waals surface area (Å²) in [7, 11) is 6.35. The van der Waals surface area contributed by atoms with E-state index in [0.717, 1.165) is 12.0 Å². The van der Waals surface area contributed by atoms with Crippen molar-refractivity contribution in [1.29, 1.82) is 0 Å². The third-order valence-electron chi connectivity index (χ3n) is 3.24. The maximum Gasteiger partial charge on any atom is 0.0693 e. The van der Waals surface area contributed by atoms with E-state index in [1.807, 2.05) is 0 Å². The zero-order valence-corrected chi connectivity index (χ0v) is 7.34. The van der Waals surface area contributed by atoms with Crippen LogP contribution in [0.1, 0.15) is 12.8 Å². The van der Waals surface area contributed by atoms with Gasteiger partial charge in [0.1, 0.15) is 0 Å². The lowest BCUT2D eigenvalue weighted by Crippen LogP contribution is -3.05. The fourth-order valence-corrected chi connectivity index (χ4v) is 2.63. The van der Waals surface area contributed by atoms with Crippen LogP contribution in [0.2, 0.25) is 0 Å². The zero-order valence-electron chi connectivity index (χ0n) is 7.34. The van der Waals surface area contributed by atoms with Gasteiger partial charge in [0.2, 0.25) is 0 Å². The van der Waals surface area contributed by atoms with Gasteiger partial charge in [0.05, 0.1) is 19.1 Å². The third kappa shape index (κ3) is 1.30. The molecular formula is C9H18N2. The van der Waals surface area contributed by atoms with Crippen LogP contribution in [-0.2, 0) is 0 Å². The molecule has 0 aromatic heterocycles. The molecule has 0 amide bonds. The Hall–Kier alpha value is -0.0800. The van der Waals surface area contributed by atoms with Gasteiger partial charge in [-0.05, 0) is 26.4 Å². The fourth-order valence-electron chi connectivity index (χ4n) is 2.63. The normalized spacial score (nSPS) is 45.8. The summed E-state index contributed by atoms with van der Waals surface area (Å²) in [6.07, 6.45) is 2.83. The van der Waals surface area contributed by atoms with Gasteiger partial charge in [-0.15, -0.1) is 0 Å². The molecule has 2 fully saturated rings. The molecule has 2 aliphatic rings. The maximum atomic E-state index is 4.09. The van der Waals surface area contributed by atoms with Crippen molar-refractivity contribution in [2.45, 2.75) is 18.9 Å². The maximum absolute atomic E-state index is 4.09. The van der Waals surface area contributed by atoms with Crippen molar-refractivity contribution in [1.82, 2.24) is 4.90 Å². The second kappa shape index (κ2) is 2.76. The molecule has 2 heterocycles. The highest BCUT2D eigenvalue weighted by Gasteiger charge is 2.36. The van der Waals surface area contributed by atoms with Crippen molar-refractivity contribution in [2.75, 3.05) is 26.7 Å². The van der Waals surface area contributed by atoms with E-state index < -0.39 is 0 Å². The standard InChI is InChI=1S/C9H18N2/c1-10-6-8-4-3-5-11(2)9(8)7-10/h8-10H,1,3-7H2,2H3/t8-,9+/m1/s1. The van der Waals surface area contributed by atoms with Crippen LogP contribution in [0.3, 0.4) is 0 Å². The number of rotatable bonds is 0. The highest BCUT2D eigenvalue weighted by molar-refractivity contribution is 4.84. The Balaban J connectivity index is 2.03. The third-order valence-corrected chi connectivity index (χ3v) is 3.24. The lowest BCUT2D eigenvalue weighted by molar-refractivity contribution is -0.842. The molecule has 0 bridgehead atoms. The smallest absolute Gasteiger partial charge is 0.0693 e. The molecule has 2 saturated heterocycles. The predicted molar refractivity (Wildman–Crippen MR) is 45.2 cm³/mol. The Morgan fingerprint density at radius 3 is 3.00 bits per heavy atom. The van der Waals surface area contributed by atoms with E-state index in [2.05, 4.69) is 19.0 Å². The van der Waals surface area contributed by atoms with Gasteiger partial charge in [-0.3, -0.25) is 4.90 Å². The molecule has 11 heavy (non-hydrogen) atoms. The van der Waals surface area contributed by atoms with Gasteiger partial charge in [-0.25, -0.2) is 0 Å². The van der Waals surface area contributed by atoms with E-state index in [9.17, 15) is 0 Å². The van der Waals surface area contributed by atoms with Crippen LogP contribution in [0, 0.1) is 13.0 Å². The quantitative estimate of drug-likeness (QED) is 0.457. The molecule has 0 spiro atoms. The molecule has 2 aliphatic heterocycles. The van der Waals surface area contributed by atoms with Gasteiger partial charge in [0, 0.05) is 5.92 Å². The predicted octanol–water partition coefficient (Wildman–Crippen LogP) is -0.613. The minimum absolute atomic E-state index is 0.844. The Kier molecular flexibility index (Phi) is 1.90. The summed E-state index contributed by atoms with van der Waals surface area (Å²) in [5.41, 5.74) is 0. The van der Waals surface area contributed by atoms with Crippen molar-refractivity contribution < 1.29 is 4.90 Å². The largest absolute Gasteiger partial charge is 0.466 e. The summed E-state index contributed by atoms with van der Waals surface area (Å²) in [6.45, 7) is 3.87. The van der Waals surface area contributed by atoms with E-state index in [1.165, 1.54) is 37.4 Å². The molecule has 2 heteroatoms. The van der Waals surface area contributed by atoms with Gasteiger partial charge < -0.3 is 4.90 Å². The van der Waals surface area contributed by atoms with Gasteiger partial charge in [0.15, 0.2) is 0 Å². The van der Waals surface area contributed by atoms with E-state index in [0.29, 0.717) is 0 Å². The number of piperidine rings is 1. The molecule has 0 aliphatic carbocycles. The number of hydrogen-bond donors (Lipinski definition) is 1. The molecule has 0 aromatic carbocycles. The number of quaternary nitrogens is 1. The molecular weight excluding hydrogens is 136 g/mol. The number of likely N-dealkylation sites (tertiary alicyclic amines) is 2. The Bertz CT molecular complexity index is 146. The summed E-state index contributed by atoms with van der Waals surface area (Å²) in [5, 5.41) is 0. The molecule has 2 rings (SSSR count). The first-order valence-electron chi connectivity index (χ1n) is 4.64. The highest BCUT2D eigenvalue weighted by atomic mass is 15.2. The number of fused-ring (bicyclic) bond motifs is 1. The molecule has 2 nitrogen and oxygen atoms in total. The van der Waals surface area contributed by atoms with Gasteiger partial charge >= 0.3 is 0 Å². The second-order valence-corrected chi connectivity index (χ2v) is 4.11. The average molecular weight is 154 g/mol. The van der Waals surface area contributed by atoms with E-state index in [4.69, 9.17) is 0 Å². The van der Waals surface area contributed by atoms with Crippen molar-refractivity contribution >= 4 is 0 Å². The monoisotopic (exact) mass is 154 g/mol. The first-order chi connectivity index (χ1) is 5.27. The summed E-state index contributed by atoms with van der Waals surface area (Å²) in [5.74, 6) is 0.946. The molecule has 3 atom stereocenters. The topological polar surface area (TPSA) is 7.68 Å². The van der Waals surface area contributed by atoms with Crippen LogP contribution < -0.4 is 4.90 Å². The van der Waals surface area contributed by atoms with Crippen LogP contribution >= 0.6 is 0 Å². The molecule has 0 radical (unpaired) electrons. The number of likely N-dealkylation sites (N-methyl/N-ethyl adjacent to an activating group) is 1.